The van der Waals surface area contributed by atoms with E-state index in [4.69, 9.17) is 9.84 Å². The van der Waals surface area contributed by atoms with Crippen LogP contribution in [0.25, 0.3) is 0 Å². The summed E-state index contributed by atoms with van der Waals surface area (Å²) in [5, 5.41) is 11.6. The highest BCUT2D eigenvalue weighted by atomic mass is 16.5. The summed E-state index contributed by atoms with van der Waals surface area (Å²) in [6.07, 6.45) is 1.40. The molecule has 4 unspecified atom stereocenters. The number of carboxylic acid groups (broad SMARTS) is 1. The van der Waals surface area contributed by atoms with E-state index in [-0.39, 0.29) is 23.8 Å². The minimum Gasteiger partial charge on any atom is -0.480 e. The molecule has 1 aliphatic carbocycles. The minimum absolute atomic E-state index is 0.0219. The highest BCUT2D eigenvalue weighted by Gasteiger charge is 2.45. The van der Waals surface area contributed by atoms with Crippen LogP contribution in [0.3, 0.4) is 0 Å². The van der Waals surface area contributed by atoms with E-state index in [2.05, 4.69) is 5.32 Å². The Labute approximate surface area is 102 Å². The molecule has 1 saturated carbocycles. The van der Waals surface area contributed by atoms with Gasteiger partial charge in [-0.1, -0.05) is 20.3 Å². The van der Waals surface area contributed by atoms with Crippen LogP contribution in [0.2, 0.25) is 0 Å². The van der Waals surface area contributed by atoms with Crippen LogP contribution in [-0.4, -0.2) is 35.7 Å². The predicted molar refractivity (Wildman–Crippen MR) is 62.5 cm³/mol. The molecule has 0 saturated heterocycles. The number of carbonyl (C=O) groups is 2. The number of amides is 1. The zero-order valence-electron chi connectivity index (χ0n) is 10.6. The van der Waals surface area contributed by atoms with Gasteiger partial charge in [0.05, 0.1) is 12.0 Å². The summed E-state index contributed by atoms with van der Waals surface area (Å²) < 4.78 is 5.31. The van der Waals surface area contributed by atoms with Crippen LogP contribution >= 0.6 is 0 Å². The molecule has 1 rings (SSSR count). The summed E-state index contributed by atoms with van der Waals surface area (Å²) >= 11 is 0. The Morgan fingerprint density at radius 1 is 1.47 bits per heavy atom. The average Bonchev–Trinajstić information content (AvgIpc) is 3.04. The third kappa shape index (κ3) is 3.70. The number of ether oxygens (including phenoxy) is 1. The zero-order chi connectivity index (χ0) is 13.0. The van der Waals surface area contributed by atoms with E-state index in [0.717, 1.165) is 6.42 Å². The summed E-state index contributed by atoms with van der Waals surface area (Å²) in [5.41, 5.74) is 0. The van der Waals surface area contributed by atoms with Crippen LogP contribution in [0, 0.1) is 11.8 Å². The average molecular weight is 243 g/mol. The summed E-state index contributed by atoms with van der Waals surface area (Å²) in [6, 6.07) is -0.796. The van der Waals surface area contributed by atoms with Gasteiger partial charge in [-0.2, -0.15) is 0 Å². The van der Waals surface area contributed by atoms with Crippen molar-refractivity contribution in [1.29, 1.82) is 0 Å². The Morgan fingerprint density at radius 3 is 2.59 bits per heavy atom. The van der Waals surface area contributed by atoms with E-state index in [9.17, 15) is 9.59 Å². The lowest BCUT2D eigenvalue weighted by molar-refractivity contribution is -0.143. The summed E-state index contributed by atoms with van der Waals surface area (Å²) in [4.78, 5) is 22.8. The van der Waals surface area contributed by atoms with E-state index in [1.807, 2.05) is 20.8 Å². The molecule has 17 heavy (non-hydrogen) atoms. The minimum atomic E-state index is -0.971. The van der Waals surface area contributed by atoms with Crippen molar-refractivity contribution in [2.45, 2.75) is 45.8 Å². The molecule has 1 amide bonds. The second kappa shape index (κ2) is 6.00. The van der Waals surface area contributed by atoms with Crippen LogP contribution in [0.1, 0.15) is 33.6 Å². The first kappa shape index (κ1) is 14.0. The molecule has 5 heteroatoms. The maximum absolute atomic E-state index is 11.8. The van der Waals surface area contributed by atoms with Crippen molar-refractivity contribution in [3.8, 4) is 0 Å². The van der Waals surface area contributed by atoms with Gasteiger partial charge in [-0.25, -0.2) is 4.79 Å². The monoisotopic (exact) mass is 243 g/mol. The maximum atomic E-state index is 11.8. The fourth-order valence-corrected chi connectivity index (χ4v) is 1.79. The molecule has 0 radical (unpaired) electrons. The van der Waals surface area contributed by atoms with E-state index < -0.39 is 12.0 Å². The van der Waals surface area contributed by atoms with Gasteiger partial charge in [0, 0.05) is 6.61 Å². The van der Waals surface area contributed by atoms with Crippen molar-refractivity contribution >= 4 is 11.9 Å². The predicted octanol–water partition coefficient (Wildman–Crippen LogP) is 1.03. The number of aliphatic carboxylic acids is 1. The van der Waals surface area contributed by atoms with Crippen LogP contribution in [0.4, 0.5) is 0 Å². The molecule has 1 aliphatic rings. The van der Waals surface area contributed by atoms with Gasteiger partial charge in [0.15, 0.2) is 0 Å². The SMILES string of the molecule is CCOC1CC1C(=O)NC(C(=O)O)C(C)CC. The Bertz CT molecular complexity index is 292. The lowest BCUT2D eigenvalue weighted by Gasteiger charge is -2.20. The van der Waals surface area contributed by atoms with Crippen LogP contribution in [0.5, 0.6) is 0 Å². The van der Waals surface area contributed by atoms with E-state index in [1.165, 1.54) is 0 Å². The quantitative estimate of drug-likeness (QED) is 0.700. The zero-order valence-corrected chi connectivity index (χ0v) is 10.6. The Kier molecular flexibility index (Phi) is 4.93. The molecule has 0 spiro atoms. The fourth-order valence-electron chi connectivity index (χ4n) is 1.79. The molecule has 0 aromatic carbocycles. The molecule has 5 nitrogen and oxygen atoms in total. The van der Waals surface area contributed by atoms with Crippen molar-refractivity contribution in [1.82, 2.24) is 5.32 Å². The third-order valence-corrected chi connectivity index (χ3v) is 3.23. The molecule has 0 aromatic rings. The molecule has 2 N–H and O–H groups in total. The second-order valence-corrected chi connectivity index (χ2v) is 4.55. The van der Waals surface area contributed by atoms with Gasteiger partial charge in [0.1, 0.15) is 6.04 Å². The Morgan fingerprint density at radius 2 is 2.12 bits per heavy atom. The number of nitrogens with one attached hydrogen (secondary N) is 1. The lowest BCUT2D eigenvalue weighted by Crippen LogP contribution is -2.46. The lowest BCUT2D eigenvalue weighted by atomic mass is 9.99. The standard InChI is InChI=1S/C12H21NO4/c1-4-7(3)10(12(15)16)13-11(14)8-6-9(8)17-5-2/h7-10H,4-6H2,1-3H3,(H,13,14)(H,15,16). The van der Waals surface area contributed by atoms with Gasteiger partial charge in [0.25, 0.3) is 0 Å². The van der Waals surface area contributed by atoms with Crippen LogP contribution in [0.15, 0.2) is 0 Å². The van der Waals surface area contributed by atoms with Gasteiger partial charge >= 0.3 is 5.97 Å². The van der Waals surface area contributed by atoms with Gasteiger partial charge in [0.2, 0.25) is 5.91 Å². The van der Waals surface area contributed by atoms with Gasteiger partial charge in [-0.3, -0.25) is 4.79 Å². The highest BCUT2D eigenvalue weighted by molar-refractivity contribution is 5.87. The van der Waals surface area contributed by atoms with Crippen molar-refractivity contribution in [2.24, 2.45) is 11.8 Å². The molecule has 98 valence electrons. The second-order valence-electron chi connectivity index (χ2n) is 4.55. The molecular formula is C12H21NO4. The van der Waals surface area contributed by atoms with Crippen molar-refractivity contribution in [3.05, 3.63) is 0 Å². The number of carbonyl (C=O) groups excluding carboxylic acids is 1. The van der Waals surface area contributed by atoms with Crippen LogP contribution < -0.4 is 5.32 Å². The first-order chi connectivity index (χ1) is 8.01. The van der Waals surface area contributed by atoms with Crippen molar-refractivity contribution in [2.75, 3.05) is 6.61 Å². The maximum Gasteiger partial charge on any atom is 0.326 e. The molecule has 0 bridgehead atoms. The first-order valence-electron chi connectivity index (χ1n) is 6.16. The van der Waals surface area contributed by atoms with Crippen LogP contribution in [-0.2, 0) is 14.3 Å². The smallest absolute Gasteiger partial charge is 0.326 e. The Balaban J connectivity index is 2.46. The van der Waals surface area contributed by atoms with Gasteiger partial charge in [-0.05, 0) is 19.3 Å². The van der Waals surface area contributed by atoms with E-state index in [1.54, 1.807) is 0 Å². The number of rotatable bonds is 7. The molecule has 4 atom stereocenters. The number of carboxylic acids is 1. The molecule has 0 aliphatic heterocycles. The topological polar surface area (TPSA) is 75.6 Å². The molecule has 1 fully saturated rings. The largest absolute Gasteiger partial charge is 0.480 e. The summed E-state index contributed by atoms with van der Waals surface area (Å²) in [6.45, 7) is 6.20. The van der Waals surface area contributed by atoms with Gasteiger partial charge < -0.3 is 15.2 Å². The highest BCUT2D eigenvalue weighted by Crippen LogP contribution is 2.34. The van der Waals surface area contributed by atoms with Gasteiger partial charge in [-0.15, -0.1) is 0 Å². The van der Waals surface area contributed by atoms with E-state index >= 15 is 0 Å². The molecular weight excluding hydrogens is 222 g/mol. The molecule has 0 aromatic heterocycles. The molecule has 0 heterocycles. The number of hydrogen-bond acceptors (Lipinski definition) is 3. The normalized spacial score (nSPS) is 26.1. The Hall–Kier alpha value is -1.10. The summed E-state index contributed by atoms with van der Waals surface area (Å²) in [5.74, 6) is -1.40. The fraction of sp³-hybridized carbons (Fsp3) is 0.833. The first-order valence-corrected chi connectivity index (χ1v) is 6.16. The van der Waals surface area contributed by atoms with E-state index in [0.29, 0.717) is 13.0 Å². The summed E-state index contributed by atoms with van der Waals surface area (Å²) in [7, 11) is 0. The van der Waals surface area contributed by atoms with Crippen molar-refractivity contribution < 1.29 is 19.4 Å². The number of hydrogen-bond donors (Lipinski definition) is 2. The third-order valence-electron chi connectivity index (χ3n) is 3.23. The van der Waals surface area contributed by atoms with Crippen molar-refractivity contribution in [3.63, 3.8) is 0 Å².